The van der Waals surface area contributed by atoms with Crippen LogP contribution in [-0.2, 0) is 14.3 Å². The molecule has 1 heterocycles. The van der Waals surface area contributed by atoms with E-state index in [1.54, 1.807) is 4.90 Å². The molecule has 0 bridgehead atoms. The fourth-order valence-electron chi connectivity index (χ4n) is 6.05. The topological polar surface area (TPSA) is 95.9 Å². The molecule has 0 radical (unpaired) electrons. The van der Waals surface area contributed by atoms with Crippen LogP contribution in [0.1, 0.15) is 49.7 Å². The van der Waals surface area contributed by atoms with Gasteiger partial charge in [-0.1, -0.05) is 61.9 Å². The summed E-state index contributed by atoms with van der Waals surface area (Å²) in [5.41, 5.74) is 4.66. The molecule has 2 N–H and O–H groups in total. The van der Waals surface area contributed by atoms with Crippen LogP contribution in [0.2, 0.25) is 0 Å². The zero-order chi connectivity index (χ0) is 24.5. The first-order valence-electron chi connectivity index (χ1n) is 12.6. The first-order valence-corrected chi connectivity index (χ1v) is 12.6. The highest BCUT2D eigenvalue weighted by Gasteiger charge is 2.40. The van der Waals surface area contributed by atoms with E-state index in [1.165, 1.54) is 11.1 Å². The van der Waals surface area contributed by atoms with Crippen LogP contribution in [0, 0.1) is 17.8 Å². The van der Waals surface area contributed by atoms with E-state index in [4.69, 9.17) is 4.74 Å². The lowest BCUT2D eigenvalue weighted by atomic mass is 9.86. The molecule has 1 aliphatic heterocycles. The maximum atomic E-state index is 13.2. The SMILES string of the molecule is CC1CCN(C(=O)C2CCCC2NC(=O)OCC2c3ccccc3-c3ccccc32)CC1C(=O)O. The Morgan fingerprint density at radius 3 is 2.29 bits per heavy atom. The summed E-state index contributed by atoms with van der Waals surface area (Å²) in [7, 11) is 0. The summed E-state index contributed by atoms with van der Waals surface area (Å²) in [6.45, 7) is 2.97. The first-order chi connectivity index (χ1) is 16.9. The summed E-state index contributed by atoms with van der Waals surface area (Å²) in [5, 5.41) is 12.4. The zero-order valence-electron chi connectivity index (χ0n) is 20.0. The van der Waals surface area contributed by atoms with Crippen molar-refractivity contribution in [2.75, 3.05) is 19.7 Å². The fraction of sp³-hybridized carbons (Fsp3) is 0.464. The van der Waals surface area contributed by atoms with Crippen molar-refractivity contribution >= 4 is 18.0 Å². The molecule has 2 aliphatic carbocycles. The van der Waals surface area contributed by atoms with Crippen LogP contribution in [0.5, 0.6) is 0 Å². The molecule has 2 amide bonds. The number of piperidine rings is 1. The Hall–Kier alpha value is -3.35. The van der Waals surface area contributed by atoms with Gasteiger partial charge in [0.1, 0.15) is 6.61 Å². The number of carboxylic acids is 1. The second-order valence-electron chi connectivity index (χ2n) is 10.1. The minimum absolute atomic E-state index is 0.0163. The van der Waals surface area contributed by atoms with Crippen molar-refractivity contribution in [2.45, 2.75) is 44.6 Å². The van der Waals surface area contributed by atoms with Gasteiger partial charge in [-0.2, -0.15) is 0 Å². The number of carbonyl (C=O) groups excluding carboxylic acids is 2. The molecule has 3 aliphatic rings. The second-order valence-corrected chi connectivity index (χ2v) is 10.1. The lowest BCUT2D eigenvalue weighted by Crippen LogP contribution is -2.51. The maximum absolute atomic E-state index is 13.2. The van der Waals surface area contributed by atoms with Crippen LogP contribution < -0.4 is 5.32 Å². The van der Waals surface area contributed by atoms with Crippen LogP contribution in [0.25, 0.3) is 11.1 Å². The van der Waals surface area contributed by atoms with E-state index in [-0.39, 0.29) is 42.9 Å². The Bertz CT molecular complexity index is 1090. The van der Waals surface area contributed by atoms with E-state index in [2.05, 4.69) is 29.6 Å². The Morgan fingerprint density at radius 2 is 1.63 bits per heavy atom. The summed E-state index contributed by atoms with van der Waals surface area (Å²) < 4.78 is 5.69. The predicted molar refractivity (Wildman–Crippen MR) is 131 cm³/mol. The molecule has 0 aromatic heterocycles. The largest absolute Gasteiger partial charge is 0.481 e. The molecular formula is C28H32N2O5. The molecule has 7 heteroatoms. The normalized spacial score (nSPS) is 25.6. The number of amides is 2. The Kier molecular flexibility index (Phi) is 6.50. The van der Waals surface area contributed by atoms with Gasteiger partial charge < -0.3 is 20.1 Å². The summed E-state index contributed by atoms with van der Waals surface area (Å²) in [5.74, 6) is -1.74. The Morgan fingerprint density at radius 1 is 0.971 bits per heavy atom. The smallest absolute Gasteiger partial charge is 0.407 e. The third kappa shape index (κ3) is 4.51. The van der Waals surface area contributed by atoms with E-state index in [1.807, 2.05) is 31.2 Å². The minimum Gasteiger partial charge on any atom is -0.481 e. The second kappa shape index (κ2) is 9.72. The number of hydrogen-bond donors (Lipinski definition) is 2. The number of fused-ring (bicyclic) bond motifs is 3. The van der Waals surface area contributed by atoms with E-state index < -0.39 is 18.0 Å². The number of nitrogens with one attached hydrogen (secondary N) is 1. The van der Waals surface area contributed by atoms with Crippen molar-refractivity contribution in [1.82, 2.24) is 10.2 Å². The van der Waals surface area contributed by atoms with Crippen molar-refractivity contribution in [3.63, 3.8) is 0 Å². The van der Waals surface area contributed by atoms with Crippen LogP contribution in [0.3, 0.4) is 0 Å². The molecule has 4 unspecified atom stereocenters. The minimum atomic E-state index is -0.852. The summed E-state index contributed by atoms with van der Waals surface area (Å²) in [6.07, 6.45) is 2.42. The Labute approximate surface area is 205 Å². The van der Waals surface area contributed by atoms with Crippen molar-refractivity contribution in [3.8, 4) is 11.1 Å². The van der Waals surface area contributed by atoms with Crippen LogP contribution in [0.4, 0.5) is 4.79 Å². The maximum Gasteiger partial charge on any atom is 0.407 e. The van der Waals surface area contributed by atoms with Gasteiger partial charge in [0, 0.05) is 25.0 Å². The molecule has 2 aromatic rings. The number of hydrogen-bond acceptors (Lipinski definition) is 4. The van der Waals surface area contributed by atoms with Crippen molar-refractivity contribution in [1.29, 1.82) is 0 Å². The van der Waals surface area contributed by atoms with Gasteiger partial charge in [-0.15, -0.1) is 0 Å². The molecule has 2 aromatic carbocycles. The molecule has 35 heavy (non-hydrogen) atoms. The van der Waals surface area contributed by atoms with Gasteiger partial charge >= 0.3 is 12.1 Å². The highest BCUT2D eigenvalue weighted by Crippen LogP contribution is 2.44. The van der Waals surface area contributed by atoms with Crippen molar-refractivity contribution in [3.05, 3.63) is 59.7 Å². The molecule has 1 saturated carbocycles. The average Bonchev–Trinajstić information content (AvgIpc) is 3.45. The number of ether oxygens (including phenoxy) is 1. The number of nitrogens with zero attached hydrogens (tertiary/aromatic N) is 1. The summed E-state index contributed by atoms with van der Waals surface area (Å²) in [4.78, 5) is 39.3. The highest BCUT2D eigenvalue weighted by molar-refractivity contribution is 5.82. The van der Waals surface area contributed by atoms with Gasteiger partial charge in [0.05, 0.1) is 11.8 Å². The summed E-state index contributed by atoms with van der Waals surface area (Å²) in [6, 6.07) is 16.1. The lowest BCUT2D eigenvalue weighted by Gasteiger charge is -2.37. The van der Waals surface area contributed by atoms with Crippen LogP contribution in [-0.4, -0.2) is 53.7 Å². The highest BCUT2D eigenvalue weighted by atomic mass is 16.5. The molecule has 2 fully saturated rings. The number of aliphatic carboxylic acids is 1. The quantitative estimate of drug-likeness (QED) is 0.672. The molecule has 7 nitrogen and oxygen atoms in total. The number of carboxylic acid groups (broad SMARTS) is 1. The lowest BCUT2D eigenvalue weighted by molar-refractivity contribution is -0.149. The number of carbonyl (C=O) groups is 3. The molecule has 0 spiro atoms. The third-order valence-electron chi connectivity index (χ3n) is 8.07. The van der Waals surface area contributed by atoms with Crippen molar-refractivity contribution < 1.29 is 24.2 Å². The van der Waals surface area contributed by atoms with Gasteiger partial charge in [-0.05, 0) is 47.4 Å². The average molecular weight is 477 g/mol. The standard InChI is InChI=1S/C28H32N2O5/c1-17-13-14-30(15-23(17)27(32)33)26(31)22-11-6-12-25(22)29-28(34)35-16-24-20-9-4-2-7-18(20)19-8-3-5-10-21(19)24/h2-5,7-10,17,22-25H,6,11-16H2,1H3,(H,29,34)(H,32,33). The first kappa shape index (κ1) is 23.4. The van der Waals surface area contributed by atoms with Gasteiger partial charge in [-0.3, -0.25) is 9.59 Å². The zero-order valence-corrected chi connectivity index (χ0v) is 20.0. The van der Waals surface area contributed by atoms with Crippen molar-refractivity contribution in [2.24, 2.45) is 17.8 Å². The van der Waals surface area contributed by atoms with Crippen LogP contribution in [0.15, 0.2) is 48.5 Å². The number of benzene rings is 2. The predicted octanol–water partition coefficient (Wildman–Crippen LogP) is 4.26. The third-order valence-corrected chi connectivity index (χ3v) is 8.07. The van der Waals surface area contributed by atoms with E-state index in [0.29, 0.717) is 25.8 Å². The van der Waals surface area contributed by atoms with Gasteiger partial charge in [0.25, 0.3) is 0 Å². The fourth-order valence-corrected chi connectivity index (χ4v) is 6.05. The number of likely N-dealkylation sites (tertiary alicyclic amines) is 1. The van der Waals surface area contributed by atoms with E-state index in [0.717, 1.165) is 17.5 Å². The van der Waals surface area contributed by atoms with Crippen LogP contribution >= 0.6 is 0 Å². The molecular weight excluding hydrogens is 444 g/mol. The number of alkyl carbamates (subject to hydrolysis) is 1. The van der Waals surface area contributed by atoms with E-state index in [9.17, 15) is 19.5 Å². The van der Waals surface area contributed by atoms with E-state index >= 15 is 0 Å². The number of rotatable bonds is 5. The van der Waals surface area contributed by atoms with Gasteiger partial charge in [-0.25, -0.2) is 4.79 Å². The molecule has 4 atom stereocenters. The molecule has 1 saturated heterocycles. The molecule has 184 valence electrons. The van der Waals surface area contributed by atoms with Gasteiger partial charge in [0.15, 0.2) is 0 Å². The van der Waals surface area contributed by atoms with Gasteiger partial charge in [0.2, 0.25) is 5.91 Å². The Balaban J connectivity index is 1.20. The summed E-state index contributed by atoms with van der Waals surface area (Å²) >= 11 is 0. The monoisotopic (exact) mass is 476 g/mol. The molecule has 5 rings (SSSR count).